The van der Waals surface area contributed by atoms with E-state index < -0.39 is 0 Å². The van der Waals surface area contributed by atoms with Gasteiger partial charge in [-0.25, -0.2) is 9.97 Å². The number of nitrogens with one attached hydrogen (secondary N) is 2. The smallest absolute Gasteiger partial charge is 0.137 e. The summed E-state index contributed by atoms with van der Waals surface area (Å²) in [5.41, 5.74) is 11.7. The maximum Gasteiger partial charge on any atom is 0.137 e. The van der Waals surface area contributed by atoms with Gasteiger partial charge in [-0.15, -0.1) is 11.8 Å². The number of rotatable bonds is 4. The van der Waals surface area contributed by atoms with Gasteiger partial charge in [-0.3, -0.25) is 0 Å². The number of aromatic amines is 2. The van der Waals surface area contributed by atoms with E-state index in [0.717, 1.165) is 38.9 Å². The van der Waals surface area contributed by atoms with Gasteiger partial charge < -0.3 is 15.7 Å². The number of pyridine rings is 1. The van der Waals surface area contributed by atoms with Gasteiger partial charge in [-0.1, -0.05) is 6.07 Å². The molecule has 3 heterocycles. The lowest BCUT2D eigenvalue weighted by molar-refractivity contribution is 1.32. The van der Waals surface area contributed by atoms with Crippen LogP contribution in [0.4, 0.5) is 0 Å². The molecule has 0 fully saturated rings. The van der Waals surface area contributed by atoms with Crippen LogP contribution in [0.15, 0.2) is 54.6 Å². The van der Waals surface area contributed by atoms with Crippen LogP contribution in [0.5, 0.6) is 0 Å². The Labute approximate surface area is 137 Å². The standard InChI is InChI=1S/C17H15N5S/c18-3-4-23-9-13-8-20-17-14(13)5-12(7-19-17)11-1-2-15-16(6-11)22-10-21-15/h1-8,10H,9,18H2,(H,19,20)(H,21,22)/b4-3-. The van der Waals surface area contributed by atoms with Crippen molar-refractivity contribution in [1.82, 2.24) is 19.9 Å². The highest BCUT2D eigenvalue weighted by Crippen LogP contribution is 2.28. The molecule has 6 heteroatoms. The average Bonchev–Trinajstić information content (AvgIpc) is 3.20. The van der Waals surface area contributed by atoms with E-state index >= 15 is 0 Å². The van der Waals surface area contributed by atoms with Gasteiger partial charge in [-0.2, -0.15) is 0 Å². The zero-order valence-corrected chi connectivity index (χ0v) is 13.1. The third-order valence-corrected chi connectivity index (χ3v) is 4.61. The maximum atomic E-state index is 5.39. The van der Waals surface area contributed by atoms with Crippen molar-refractivity contribution in [2.75, 3.05) is 0 Å². The zero-order valence-electron chi connectivity index (χ0n) is 12.3. The molecule has 0 saturated carbocycles. The van der Waals surface area contributed by atoms with Crippen molar-refractivity contribution >= 4 is 33.8 Å². The molecule has 0 spiro atoms. The van der Waals surface area contributed by atoms with Gasteiger partial charge in [0.25, 0.3) is 0 Å². The summed E-state index contributed by atoms with van der Waals surface area (Å²) in [5.74, 6) is 0.860. The number of imidazole rings is 1. The van der Waals surface area contributed by atoms with Gasteiger partial charge in [0.05, 0.1) is 17.4 Å². The minimum absolute atomic E-state index is 0.860. The largest absolute Gasteiger partial charge is 0.404 e. The van der Waals surface area contributed by atoms with E-state index in [2.05, 4.69) is 38.1 Å². The summed E-state index contributed by atoms with van der Waals surface area (Å²) in [4.78, 5) is 15.2. The van der Waals surface area contributed by atoms with E-state index in [-0.39, 0.29) is 0 Å². The number of nitrogens with zero attached hydrogens (tertiary/aromatic N) is 2. The second kappa shape index (κ2) is 5.81. The van der Waals surface area contributed by atoms with Crippen LogP contribution in [0.1, 0.15) is 5.56 Å². The summed E-state index contributed by atoms with van der Waals surface area (Å²) >= 11 is 1.66. The predicted molar refractivity (Wildman–Crippen MR) is 95.8 cm³/mol. The molecule has 23 heavy (non-hydrogen) atoms. The molecule has 0 aliphatic carbocycles. The average molecular weight is 321 g/mol. The minimum Gasteiger partial charge on any atom is -0.404 e. The summed E-state index contributed by atoms with van der Waals surface area (Å²) in [5, 5.41) is 3.03. The lowest BCUT2D eigenvalue weighted by atomic mass is 10.1. The van der Waals surface area contributed by atoms with Crippen molar-refractivity contribution < 1.29 is 0 Å². The van der Waals surface area contributed by atoms with Crippen LogP contribution >= 0.6 is 11.8 Å². The van der Waals surface area contributed by atoms with Crippen molar-refractivity contribution in [2.24, 2.45) is 5.73 Å². The zero-order chi connectivity index (χ0) is 15.6. The van der Waals surface area contributed by atoms with E-state index in [1.807, 2.05) is 23.9 Å². The van der Waals surface area contributed by atoms with Gasteiger partial charge in [0.1, 0.15) is 5.65 Å². The number of fused-ring (bicyclic) bond motifs is 2. The Kier molecular flexibility index (Phi) is 3.51. The summed E-state index contributed by atoms with van der Waals surface area (Å²) in [6.07, 6.45) is 7.18. The molecule has 0 amide bonds. The molecular weight excluding hydrogens is 306 g/mol. The second-order valence-electron chi connectivity index (χ2n) is 5.21. The lowest BCUT2D eigenvalue weighted by Gasteiger charge is -2.03. The molecule has 0 saturated heterocycles. The Balaban J connectivity index is 1.76. The molecule has 0 aliphatic rings. The first-order chi connectivity index (χ1) is 11.3. The monoisotopic (exact) mass is 321 g/mol. The fraction of sp³-hybridized carbons (Fsp3) is 0.0588. The van der Waals surface area contributed by atoms with Crippen LogP contribution in [-0.2, 0) is 5.75 Å². The molecule has 4 N–H and O–H groups in total. The van der Waals surface area contributed by atoms with Crippen LogP contribution in [0.2, 0.25) is 0 Å². The minimum atomic E-state index is 0.860. The van der Waals surface area contributed by atoms with Gasteiger partial charge >= 0.3 is 0 Å². The molecule has 0 bridgehead atoms. The molecule has 4 aromatic rings. The Morgan fingerprint density at radius 3 is 3.00 bits per heavy atom. The normalized spacial score (nSPS) is 11.8. The number of nitrogens with two attached hydrogens (primary N) is 1. The quantitative estimate of drug-likeness (QED) is 0.534. The molecule has 0 radical (unpaired) electrons. The van der Waals surface area contributed by atoms with Crippen LogP contribution in [-0.4, -0.2) is 19.9 Å². The fourth-order valence-corrected chi connectivity index (χ4v) is 3.27. The van der Waals surface area contributed by atoms with Crippen LogP contribution in [0, 0.1) is 0 Å². The van der Waals surface area contributed by atoms with E-state index in [4.69, 9.17) is 5.73 Å². The van der Waals surface area contributed by atoms with Crippen LogP contribution in [0.25, 0.3) is 33.2 Å². The molecular formula is C17H15N5S. The number of aromatic nitrogens is 4. The predicted octanol–water partition coefficient (Wildman–Crippen LogP) is 3.77. The van der Waals surface area contributed by atoms with Gasteiger partial charge in [0.15, 0.2) is 0 Å². The third kappa shape index (κ3) is 2.57. The van der Waals surface area contributed by atoms with Crippen LogP contribution < -0.4 is 5.73 Å². The highest BCUT2D eigenvalue weighted by Gasteiger charge is 2.08. The Morgan fingerprint density at radius 1 is 1.13 bits per heavy atom. The molecule has 1 aromatic carbocycles. The first-order valence-corrected chi connectivity index (χ1v) is 8.28. The summed E-state index contributed by atoms with van der Waals surface area (Å²) in [7, 11) is 0. The Hall–Kier alpha value is -2.73. The molecule has 0 atom stereocenters. The van der Waals surface area contributed by atoms with Crippen molar-refractivity contribution in [3.8, 4) is 11.1 Å². The van der Waals surface area contributed by atoms with Crippen molar-refractivity contribution in [1.29, 1.82) is 0 Å². The summed E-state index contributed by atoms with van der Waals surface area (Å²) in [6.45, 7) is 0. The third-order valence-electron chi connectivity index (χ3n) is 3.78. The molecule has 0 aliphatic heterocycles. The van der Waals surface area contributed by atoms with Crippen molar-refractivity contribution in [3.05, 3.63) is 60.2 Å². The second-order valence-corrected chi connectivity index (χ2v) is 6.10. The summed E-state index contributed by atoms with van der Waals surface area (Å²) in [6, 6.07) is 8.37. The van der Waals surface area contributed by atoms with Crippen LogP contribution in [0.3, 0.4) is 0 Å². The van der Waals surface area contributed by atoms with Gasteiger partial charge in [0, 0.05) is 35.3 Å². The summed E-state index contributed by atoms with van der Waals surface area (Å²) < 4.78 is 0. The maximum absolute atomic E-state index is 5.39. The van der Waals surface area contributed by atoms with E-state index in [9.17, 15) is 0 Å². The number of thioether (sulfide) groups is 1. The number of H-pyrrole nitrogens is 2. The van der Waals surface area contributed by atoms with E-state index in [1.54, 1.807) is 24.3 Å². The fourth-order valence-electron chi connectivity index (χ4n) is 2.64. The Morgan fingerprint density at radius 2 is 2.09 bits per heavy atom. The number of hydrogen-bond donors (Lipinski definition) is 3. The highest BCUT2D eigenvalue weighted by molar-refractivity contribution is 8.01. The topological polar surface area (TPSA) is 83.4 Å². The highest BCUT2D eigenvalue weighted by atomic mass is 32.2. The molecule has 114 valence electrons. The molecule has 3 aromatic heterocycles. The van der Waals surface area contributed by atoms with Crippen molar-refractivity contribution in [2.45, 2.75) is 5.75 Å². The van der Waals surface area contributed by atoms with Gasteiger partial charge in [0.2, 0.25) is 0 Å². The first-order valence-electron chi connectivity index (χ1n) is 7.23. The van der Waals surface area contributed by atoms with E-state index in [1.165, 1.54) is 5.56 Å². The number of hydrogen-bond acceptors (Lipinski definition) is 4. The van der Waals surface area contributed by atoms with Gasteiger partial charge in [-0.05, 0) is 34.7 Å². The SMILES string of the molecule is N/C=C\SCc1c[nH]c2ncc(-c3ccc4nc[nH]c4c3)cc12. The van der Waals surface area contributed by atoms with Crippen molar-refractivity contribution in [3.63, 3.8) is 0 Å². The molecule has 4 rings (SSSR count). The Bertz CT molecular complexity index is 998. The first kappa shape index (κ1) is 13.9. The molecule has 0 unspecified atom stereocenters. The lowest BCUT2D eigenvalue weighted by Crippen LogP contribution is -1.84. The van der Waals surface area contributed by atoms with E-state index in [0.29, 0.717) is 0 Å². The number of benzene rings is 1. The molecule has 5 nitrogen and oxygen atoms in total.